The number of hydrogen-bond acceptors (Lipinski definition) is 2. The molecule has 0 saturated heterocycles. The van der Waals surface area contributed by atoms with Crippen molar-refractivity contribution in [3.8, 4) is 0 Å². The number of halogens is 2. The molecule has 0 spiro atoms. The molecule has 0 aromatic heterocycles. The van der Waals surface area contributed by atoms with Gasteiger partial charge in [0.25, 0.3) is 0 Å². The zero-order valence-corrected chi connectivity index (χ0v) is 9.86. The lowest BCUT2D eigenvalue weighted by atomic mass is 10.1. The van der Waals surface area contributed by atoms with Crippen LogP contribution in [0.5, 0.6) is 0 Å². The van der Waals surface area contributed by atoms with Gasteiger partial charge in [-0.1, -0.05) is 6.07 Å². The number of anilines is 2. The monoisotopic (exact) mass is 263 g/mol. The van der Waals surface area contributed by atoms with Crippen molar-refractivity contribution >= 4 is 17.3 Å². The van der Waals surface area contributed by atoms with E-state index in [-0.39, 0.29) is 11.4 Å². The molecule has 3 nitrogen and oxygen atoms in total. The second-order valence-corrected chi connectivity index (χ2v) is 3.97. The molecule has 2 rings (SSSR count). The van der Waals surface area contributed by atoms with E-state index in [0.717, 1.165) is 0 Å². The Morgan fingerprint density at radius 2 is 1.79 bits per heavy atom. The van der Waals surface area contributed by atoms with Gasteiger partial charge < -0.3 is 10.4 Å². The van der Waals surface area contributed by atoms with Crippen LogP contribution in [0.15, 0.2) is 42.5 Å². The van der Waals surface area contributed by atoms with Gasteiger partial charge in [-0.3, -0.25) is 4.79 Å². The fourth-order valence-electron chi connectivity index (χ4n) is 1.70. The summed E-state index contributed by atoms with van der Waals surface area (Å²) in [5.41, 5.74) is 0.979. The summed E-state index contributed by atoms with van der Waals surface area (Å²) >= 11 is 0. The van der Waals surface area contributed by atoms with Crippen molar-refractivity contribution in [2.45, 2.75) is 6.42 Å². The minimum absolute atomic E-state index is 0.0688. The maximum absolute atomic E-state index is 13.6. The Balaban J connectivity index is 2.31. The van der Waals surface area contributed by atoms with Crippen molar-refractivity contribution in [2.75, 3.05) is 5.32 Å². The molecule has 2 aromatic carbocycles. The first kappa shape index (κ1) is 13.0. The quantitative estimate of drug-likeness (QED) is 0.889. The van der Waals surface area contributed by atoms with Crippen LogP contribution in [0.25, 0.3) is 0 Å². The number of carboxylic acids is 1. The van der Waals surface area contributed by atoms with E-state index in [9.17, 15) is 13.6 Å². The van der Waals surface area contributed by atoms with Crippen molar-refractivity contribution in [3.05, 3.63) is 59.7 Å². The predicted octanol–water partition coefficient (Wildman–Crippen LogP) is 3.34. The average Bonchev–Trinajstić information content (AvgIpc) is 2.36. The van der Waals surface area contributed by atoms with E-state index in [4.69, 9.17) is 5.11 Å². The van der Waals surface area contributed by atoms with Crippen LogP contribution in [0.3, 0.4) is 0 Å². The number of hydrogen-bond donors (Lipinski definition) is 2. The van der Waals surface area contributed by atoms with Crippen LogP contribution in [0.2, 0.25) is 0 Å². The van der Waals surface area contributed by atoms with Crippen molar-refractivity contribution in [2.24, 2.45) is 0 Å². The Labute approximate surface area is 108 Å². The highest BCUT2D eigenvalue weighted by Crippen LogP contribution is 2.24. The minimum atomic E-state index is -1.12. The van der Waals surface area contributed by atoms with Gasteiger partial charge in [0, 0.05) is 16.9 Å². The third kappa shape index (κ3) is 3.28. The molecule has 0 aliphatic carbocycles. The molecule has 19 heavy (non-hydrogen) atoms. The van der Waals surface area contributed by atoms with Crippen LogP contribution in [0.1, 0.15) is 5.56 Å². The molecule has 5 heteroatoms. The van der Waals surface area contributed by atoms with Crippen LogP contribution in [0, 0.1) is 11.6 Å². The van der Waals surface area contributed by atoms with Crippen LogP contribution in [-0.4, -0.2) is 11.1 Å². The SMILES string of the molecule is O=C(O)Cc1c(F)cccc1Nc1ccc(F)cc1. The second-order valence-electron chi connectivity index (χ2n) is 3.97. The summed E-state index contributed by atoms with van der Waals surface area (Å²) in [7, 11) is 0. The molecule has 0 amide bonds. The van der Waals surface area contributed by atoms with Gasteiger partial charge in [-0.15, -0.1) is 0 Å². The molecule has 0 heterocycles. The first-order valence-electron chi connectivity index (χ1n) is 5.58. The molecule has 0 atom stereocenters. The van der Waals surface area contributed by atoms with E-state index in [1.807, 2.05) is 0 Å². The van der Waals surface area contributed by atoms with E-state index < -0.39 is 18.2 Å². The van der Waals surface area contributed by atoms with E-state index in [1.165, 1.54) is 36.4 Å². The summed E-state index contributed by atoms with van der Waals surface area (Å²) in [4.78, 5) is 10.7. The third-order valence-corrected chi connectivity index (χ3v) is 2.57. The lowest BCUT2D eigenvalue weighted by Crippen LogP contribution is -2.06. The highest BCUT2D eigenvalue weighted by Gasteiger charge is 2.12. The van der Waals surface area contributed by atoms with Gasteiger partial charge in [0.2, 0.25) is 0 Å². The Morgan fingerprint density at radius 3 is 2.42 bits per heavy atom. The second kappa shape index (κ2) is 5.48. The molecular formula is C14H11F2NO2. The summed E-state index contributed by atoms with van der Waals surface area (Å²) in [6, 6.07) is 9.76. The number of carbonyl (C=O) groups is 1. The van der Waals surface area contributed by atoms with Gasteiger partial charge in [0.15, 0.2) is 0 Å². The minimum Gasteiger partial charge on any atom is -0.481 e. The number of rotatable bonds is 4. The maximum Gasteiger partial charge on any atom is 0.308 e. The first-order chi connectivity index (χ1) is 9.06. The first-order valence-corrected chi connectivity index (χ1v) is 5.58. The molecular weight excluding hydrogens is 252 g/mol. The lowest BCUT2D eigenvalue weighted by molar-refractivity contribution is -0.136. The molecule has 0 aliphatic heterocycles. The zero-order chi connectivity index (χ0) is 13.8. The normalized spacial score (nSPS) is 10.2. The number of nitrogens with one attached hydrogen (secondary N) is 1. The van der Waals surface area contributed by atoms with Gasteiger partial charge in [-0.05, 0) is 36.4 Å². The average molecular weight is 263 g/mol. The summed E-state index contributed by atoms with van der Waals surface area (Å²) in [5.74, 6) is -2.09. The molecule has 98 valence electrons. The van der Waals surface area contributed by atoms with Crippen LogP contribution in [-0.2, 0) is 11.2 Å². The molecule has 2 N–H and O–H groups in total. The Bertz CT molecular complexity index is 597. The molecule has 0 unspecified atom stereocenters. The number of benzene rings is 2. The van der Waals surface area contributed by atoms with E-state index in [1.54, 1.807) is 6.07 Å². The zero-order valence-electron chi connectivity index (χ0n) is 9.86. The lowest BCUT2D eigenvalue weighted by Gasteiger charge is -2.11. The van der Waals surface area contributed by atoms with Gasteiger partial charge in [-0.2, -0.15) is 0 Å². The predicted molar refractivity (Wildman–Crippen MR) is 67.4 cm³/mol. The third-order valence-electron chi connectivity index (χ3n) is 2.57. The van der Waals surface area contributed by atoms with Gasteiger partial charge >= 0.3 is 5.97 Å². The van der Waals surface area contributed by atoms with E-state index >= 15 is 0 Å². The highest BCUT2D eigenvalue weighted by molar-refractivity contribution is 5.75. The van der Waals surface area contributed by atoms with E-state index in [2.05, 4.69) is 5.32 Å². The van der Waals surface area contributed by atoms with Crippen molar-refractivity contribution < 1.29 is 18.7 Å². The summed E-state index contributed by atoms with van der Waals surface area (Å²) in [6.07, 6.45) is -0.420. The van der Waals surface area contributed by atoms with E-state index in [0.29, 0.717) is 11.4 Å². The summed E-state index contributed by atoms with van der Waals surface area (Å²) < 4.78 is 26.4. The molecule has 0 fully saturated rings. The topological polar surface area (TPSA) is 49.3 Å². The fraction of sp³-hybridized carbons (Fsp3) is 0.0714. The van der Waals surface area contributed by atoms with Crippen molar-refractivity contribution in [1.82, 2.24) is 0 Å². The van der Waals surface area contributed by atoms with Gasteiger partial charge in [-0.25, -0.2) is 8.78 Å². The smallest absolute Gasteiger partial charge is 0.308 e. The van der Waals surface area contributed by atoms with Gasteiger partial charge in [0.1, 0.15) is 11.6 Å². The van der Waals surface area contributed by atoms with Crippen LogP contribution in [0.4, 0.5) is 20.2 Å². The Morgan fingerprint density at radius 1 is 1.11 bits per heavy atom. The highest BCUT2D eigenvalue weighted by atomic mass is 19.1. The standard InChI is InChI=1S/C14H11F2NO2/c15-9-4-6-10(7-5-9)17-13-3-1-2-12(16)11(13)8-14(18)19/h1-7,17H,8H2,(H,18,19). The molecule has 0 bridgehead atoms. The Kier molecular flexibility index (Phi) is 3.75. The Hall–Kier alpha value is -2.43. The number of aliphatic carboxylic acids is 1. The summed E-state index contributed by atoms with van der Waals surface area (Å²) in [5, 5.41) is 11.7. The maximum atomic E-state index is 13.6. The van der Waals surface area contributed by atoms with Crippen LogP contribution < -0.4 is 5.32 Å². The molecule has 0 saturated carbocycles. The van der Waals surface area contributed by atoms with Crippen molar-refractivity contribution in [1.29, 1.82) is 0 Å². The number of carboxylic acid groups (broad SMARTS) is 1. The molecule has 2 aromatic rings. The fourth-order valence-corrected chi connectivity index (χ4v) is 1.70. The van der Waals surface area contributed by atoms with Gasteiger partial charge in [0.05, 0.1) is 6.42 Å². The molecule has 0 aliphatic rings. The van der Waals surface area contributed by atoms with Crippen LogP contribution >= 0.6 is 0 Å². The summed E-state index contributed by atoms with van der Waals surface area (Å²) in [6.45, 7) is 0. The molecule has 0 radical (unpaired) electrons. The largest absolute Gasteiger partial charge is 0.481 e. The van der Waals surface area contributed by atoms with Crippen molar-refractivity contribution in [3.63, 3.8) is 0 Å².